The zero-order valence-corrected chi connectivity index (χ0v) is 9.01. The number of carboxylic acids is 1. The molecule has 0 amide bonds. The maximum absolute atomic E-state index is 10.4. The van der Waals surface area contributed by atoms with E-state index in [2.05, 4.69) is 0 Å². The Morgan fingerprint density at radius 3 is 2.81 bits per heavy atom. The summed E-state index contributed by atoms with van der Waals surface area (Å²) >= 11 is 0. The molecule has 0 saturated carbocycles. The molecule has 0 bridgehead atoms. The van der Waals surface area contributed by atoms with Gasteiger partial charge < -0.3 is 20.7 Å². The van der Waals surface area contributed by atoms with Crippen molar-refractivity contribution in [1.82, 2.24) is 0 Å². The number of aromatic hydroxyl groups is 1. The molecule has 1 aromatic carbocycles. The molecule has 5 nitrogen and oxygen atoms in total. The number of benzene rings is 1. The molecule has 16 heavy (non-hydrogen) atoms. The second-order valence-corrected chi connectivity index (χ2v) is 3.47. The van der Waals surface area contributed by atoms with Crippen molar-refractivity contribution in [3.05, 3.63) is 23.8 Å². The summed E-state index contributed by atoms with van der Waals surface area (Å²) in [5.74, 6) is -0.322. The summed E-state index contributed by atoms with van der Waals surface area (Å²) in [7, 11) is 1.47. The molecule has 0 radical (unpaired) electrons. The average molecular weight is 225 g/mol. The molecule has 1 aromatic rings. The Hall–Kier alpha value is -1.75. The van der Waals surface area contributed by atoms with Crippen LogP contribution in [0.1, 0.15) is 24.4 Å². The number of carbonyl (C=O) groups is 1. The molecule has 0 aromatic heterocycles. The van der Waals surface area contributed by atoms with Gasteiger partial charge in [-0.1, -0.05) is 6.07 Å². The number of hydrogen-bond donors (Lipinski definition) is 3. The highest BCUT2D eigenvalue weighted by Crippen LogP contribution is 2.29. The number of phenolic OH excluding ortho intramolecular Hbond substituents is 1. The van der Waals surface area contributed by atoms with Crippen LogP contribution in [-0.4, -0.2) is 23.3 Å². The largest absolute Gasteiger partial charge is 0.508 e. The first-order chi connectivity index (χ1) is 7.54. The van der Waals surface area contributed by atoms with Gasteiger partial charge >= 0.3 is 5.97 Å². The topological polar surface area (TPSA) is 92.8 Å². The molecule has 0 heterocycles. The van der Waals surface area contributed by atoms with Crippen molar-refractivity contribution in [3.63, 3.8) is 0 Å². The first-order valence-electron chi connectivity index (χ1n) is 4.89. The van der Waals surface area contributed by atoms with Crippen LogP contribution in [-0.2, 0) is 4.79 Å². The first-order valence-corrected chi connectivity index (χ1v) is 4.89. The van der Waals surface area contributed by atoms with Gasteiger partial charge in [-0.15, -0.1) is 0 Å². The molecule has 0 saturated heterocycles. The summed E-state index contributed by atoms with van der Waals surface area (Å²) in [6.45, 7) is 0. The lowest BCUT2D eigenvalue weighted by Gasteiger charge is -2.14. The van der Waals surface area contributed by atoms with Crippen LogP contribution in [0.3, 0.4) is 0 Å². The van der Waals surface area contributed by atoms with E-state index in [0.29, 0.717) is 17.7 Å². The smallest absolute Gasteiger partial charge is 0.303 e. The highest BCUT2D eigenvalue weighted by molar-refractivity contribution is 5.66. The summed E-state index contributed by atoms with van der Waals surface area (Å²) in [6.07, 6.45) is 0.335. The molecule has 88 valence electrons. The third-order valence-corrected chi connectivity index (χ3v) is 2.29. The van der Waals surface area contributed by atoms with Gasteiger partial charge in [-0.3, -0.25) is 4.79 Å². The molecule has 5 heteroatoms. The number of nitrogens with two attached hydrogens (primary N) is 1. The van der Waals surface area contributed by atoms with E-state index >= 15 is 0 Å². The van der Waals surface area contributed by atoms with E-state index in [0.717, 1.165) is 0 Å². The molecular formula is C11H15NO4. The van der Waals surface area contributed by atoms with Crippen molar-refractivity contribution in [2.75, 3.05) is 7.11 Å². The predicted octanol–water partition coefficient (Wildman–Crippen LogP) is 1.27. The quantitative estimate of drug-likeness (QED) is 0.701. The lowest BCUT2D eigenvalue weighted by atomic mass is 10.0. The minimum absolute atomic E-state index is 0.00516. The fourth-order valence-corrected chi connectivity index (χ4v) is 1.44. The predicted molar refractivity (Wildman–Crippen MR) is 58.5 cm³/mol. The normalized spacial score (nSPS) is 12.1. The molecular weight excluding hydrogens is 210 g/mol. The number of hydrogen-bond acceptors (Lipinski definition) is 4. The number of phenols is 1. The van der Waals surface area contributed by atoms with Crippen molar-refractivity contribution >= 4 is 5.97 Å². The van der Waals surface area contributed by atoms with Crippen LogP contribution in [0.15, 0.2) is 18.2 Å². The van der Waals surface area contributed by atoms with Crippen LogP contribution in [0.4, 0.5) is 0 Å². The fraction of sp³-hybridized carbons (Fsp3) is 0.364. The van der Waals surface area contributed by atoms with Gasteiger partial charge in [0.25, 0.3) is 0 Å². The Bertz CT molecular complexity index is 378. The fourth-order valence-electron chi connectivity index (χ4n) is 1.44. The molecule has 1 unspecified atom stereocenters. The van der Waals surface area contributed by atoms with Gasteiger partial charge in [0.15, 0.2) is 0 Å². The van der Waals surface area contributed by atoms with E-state index in [1.54, 1.807) is 6.07 Å². The second-order valence-electron chi connectivity index (χ2n) is 3.47. The Morgan fingerprint density at radius 1 is 1.56 bits per heavy atom. The van der Waals surface area contributed by atoms with Crippen LogP contribution in [0.25, 0.3) is 0 Å². The zero-order valence-electron chi connectivity index (χ0n) is 9.01. The highest BCUT2D eigenvalue weighted by atomic mass is 16.5. The minimum Gasteiger partial charge on any atom is -0.508 e. The number of aliphatic carboxylic acids is 1. The minimum atomic E-state index is -0.881. The van der Waals surface area contributed by atoms with E-state index in [1.807, 2.05) is 0 Å². The molecule has 4 N–H and O–H groups in total. The molecule has 1 atom stereocenters. The van der Waals surface area contributed by atoms with Crippen molar-refractivity contribution in [2.45, 2.75) is 18.9 Å². The second kappa shape index (κ2) is 5.37. The Balaban J connectivity index is 2.81. The summed E-state index contributed by atoms with van der Waals surface area (Å²) in [5.41, 5.74) is 6.54. The van der Waals surface area contributed by atoms with Crippen LogP contribution >= 0.6 is 0 Å². The average Bonchev–Trinajstić information content (AvgIpc) is 2.25. The lowest BCUT2D eigenvalue weighted by Crippen LogP contribution is -2.13. The molecule has 1 rings (SSSR count). The number of rotatable bonds is 5. The molecule has 0 aliphatic heterocycles. The molecule has 0 fully saturated rings. The van der Waals surface area contributed by atoms with Crippen molar-refractivity contribution in [3.8, 4) is 11.5 Å². The first kappa shape index (κ1) is 12.3. The standard InChI is InChI=1S/C11H15NO4/c1-16-10-6-7(13)2-3-8(10)9(12)4-5-11(14)15/h2-3,6,9,13H,4-5,12H2,1H3,(H,14,15). The van der Waals surface area contributed by atoms with E-state index in [9.17, 15) is 9.90 Å². The summed E-state index contributed by atoms with van der Waals surface area (Å²) < 4.78 is 5.07. The maximum atomic E-state index is 10.4. The Morgan fingerprint density at radius 2 is 2.25 bits per heavy atom. The van der Waals surface area contributed by atoms with Crippen molar-refractivity contribution < 1.29 is 19.7 Å². The van der Waals surface area contributed by atoms with Crippen molar-refractivity contribution in [1.29, 1.82) is 0 Å². The van der Waals surface area contributed by atoms with Gasteiger partial charge in [0, 0.05) is 24.1 Å². The van der Waals surface area contributed by atoms with Crippen LogP contribution in [0.5, 0.6) is 11.5 Å². The van der Waals surface area contributed by atoms with Crippen molar-refractivity contribution in [2.24, 2.45) is 5.73 Å². The van der Waals surface area contributed by atoms with Gasteiger partial charge in [-0.05, 0) is 12.5 Å². The van der Waals surface area contributed by atoms with Gasteiger partial charge in [0.1, 0.15) is 11.5 Å². The monoisotopic (exact) mass is 225 g/mol. The molecule has 0 spiro atoms. The van der Waals surface area contributed by atoms with Gasteiger partial charge in [0.2, 0.25) is 0 Å². The van der Waals surface area contributed by atoms with Crippen LogP contribution < -0.4 is 10.5 Å². The maximum Gasteiger partial charge on any atom is 0.303 e. The van der Waals surface area contributed by atoms with E-state index in [1.165, 1.54) is 19.2 Å². The number of ether oxygens (including phenoxy) is 1. The van der Waals surface area contributed by atoms with Gasteiger partial charge in [-0.2, -0.15) is 0 Å². The van der Waals surface area contributed by atoms with Gasteiger partial charge in [0.05, 0.1) is 7.11 Å². The van der Waals surface area contributed by atoms with E-state index in [-0.39, 0.29) is 12.2 Å². The highest BCUT2D eigenvalue weighted by Gasteiger charge is 2.13. The third kappa shape index (κ3) is 3.13. The third-order valence-electron chi connectivity index (χ3n) is 2.29. The van der Waals surface area contributed by atoms with E-state index < -0.39 is 12.0 Å². The molecule has 0 aliphatic carbocycles. The van der Waals surface area contributed by atoms with E-state index in [4.69, 9.17) is 15.6 Å². The lowest BCUT2D eigenvalue weighted by molar-refractivity contribution is -0.137. The Kier molecular flexibility index (Phi) is 4.13. The zero-order chi connectivity index (χ0) is 12.1. The van der Waals surface area contributed by atoms with Gasteiger partial charge in [-0.25, -0.2) is 0 Å². The van der Waals surface area contributed by atoms with Crippen LogP contribution in [0.2, 0.25) is 0 Å². The number of carboxylic acid groups (broad SMARTS) is 1. The SMILES string of the molecule is COc1cc(O)ccc1C(N)CCC(=O)O. The Labute approximate surface area is 93.5 Å². The summed E-state index contributed by atoms with van der Waals surface area (Å²) in [5, 5.41) is 17.8. The molecule has 0 aliphatic rings. The number of methoxy groups -OCH3 is 1. The van der Waals surface area contributed by atoms with Crippen LogP contribution in [0, 0.1) is 0 Å². The summed E-state index contributed by atoms with van der Waals surface area (Å²) in [6, 6.07) is 4.18. The summed E-state index contributed by atoms with van der Waals surface area (Å²) in [4.78, 5) is 10.4.